The second-order valence-corrected chi connectivity index (χ2v) is 7.89. The molecule has 10 nitrogen and oxygen atoms in total. The van der Waals surface area contributed by atoms with Crippen LogP contribution in [-0.2, 0) is 9.47 Å². The third-order valence-electron chi connectivity index (χ3n) is 4.96. The van der Waals surface area contributed by atoms with Crippen molar-refractivity contribution in [1.82, 2.24) is 0 Å². The van der Waals surface area contributed by atoms with Crippen molar-refractivity contribution in [3.05, 3.63) is 109 Å². The zero-order valence-corrected chi connectivity index (χ0v) is 21.1. The van der Waals surface area contributed by atoms with Crippen molar-refractivity contribution in [3.8, 4) is 11.5 Å². The van der Waals surface area contributed by atoms with Gasteiger partial charge in [-0.1, -0.05) is 25.3 Å². The Morgan fingerprint density at radius 3 is 1.59 bits per heavy atom. The lowest BCUT2D eigenvalue weighted by Gasteiger charge is -2.11. The summed E-state index contributed by atoms with van der Waals surface area (Å²) in [5.74, 6) is -0.673. The van der Waals surface area contributed by atoms with E-state index in [9.17, 15) is 19.2 Å². The van der Waals surface area contributed by atoms with Crippen molar-refractivity contribution in [2.24, 2.45) is 0 Å². The molecule has 0 aliphatic rings. The fourth-order valence-corrected chi connectivity index (χ4v) is 3.08. The molecule has 0 fully saturated rings. The van der Waals surface area contributed by atoms with E-state index in [4.69, 9.17) is 18.9 Å². The van der Waals surface area contributed by atoms with Gasteiger partial charge in [0.1, 0.15) is 24.7 Å². The average Bonchev–Trinajstić information content (AvgIpc) is 2.93. The summed E-state index contributed by atoms with van der Waals surface area (Å²) in [6.07, 6.45) is 1.61. The zero-order chi connectivity index (χ0) is 28.2. The molecule has 0 saturated heterocycles. The molecule has 0 aliphatic carbocycles. The van der Waals surface area contributed by atoms with Gasteiger partial charge in [-0.2, -0.15) is 0 Å². The Morgan fingerprint density at radius 1 is 0.692 bits per heavy atom. The average molecular weight is 531 g/mol. The number of esters is 2. The van der Waals surface area contributed by atoms with Gasteiger partial charge in [0.25, 0.3) is 0 Å². The molecule has 200 valence electrons. The number of ether oxygens (including phenoxy) is 4. The number of hydrogen-bond donors (Lipinski definition) is 2. The molecule has 0 aliphatic heterocycles. The van der Waals surface area contributed by atoms with Crippen molar-refractivity contribution in [3.63, 3.8) is 0 Å². The van der Waals surface area contributed by atoms with E-state index < -0.39 is 24.1 Å². The molecule has 0 heterocycles. The molecule has 0 spiro atoms. The molecular formula is C29H26N2O8. The highest BCUT2D eigenvalue weighted by atomic mass is 16.6. The first kappa shape index (κ1) is 28.2. The van der Waals surface area contributed by atoms with Crippen LogP contribution in [0, 0.1) is 6.92 Å². The molecule has 3 rings (SSSR count). The van der Waals surface area contributed by atoms with Gasteiger partial charge in [-0.3, -0.25) is 10.6 Å². The number of benzene rings is 3. The Kier molecular flexibility index (Phi) is 9.97. The Bertz CT molecular complexity index is 1370. The summed E-state index contributed by atoms with van der Waals surface area (Å²) in [6.45, 7) is 8.78. The van der Waals surface area contributed by atoms with Gasteiger partial charge in [0.05, 0.1) is 11.1 Å². The Labute approximate surface area is 224 Å². The maximum Gasteiger partial charge on any atom is 0.411 e. The van der Waals surface area contributed by atoms with E-state index >= 15 is 0 Å². The van der Waals surface area contributed by atoms with Crippen LogP contribution in [0.1, 0.15) is 26.3 Å². The van der Waals surface area contributed by atoms with Crippen LogP contribution in [0.5, 0.6) is 11.5 Å². The topological polar surface area (TPSA) is 129 Å². The number of rotatable bonds is 10. The monoisotopic (exact) mass is 530 g/mol. The molecule has 0 unspecified atom stereocenters. The van der Waals surface area contributed by atoms with Gasteiger partial charge in [0.2, 0.25) is 0 Å². The number of anilines is 2. The second-order valence-electron chi connectivity index (χ2n) is 7.89. The normalized spacial score (nSPS) is 9.97. The van der Waals surface area contributed by atoms with Crippen molar-refractivity contribution in [1.29, 1.82) is 0 Å². The number of carbonyl (C=O) groups is 4. The van der Waals surface area contributed by atoms with Crippen LogP contribution in [-0.4, -0.2) is 37.3 Å². The van der Waals surface area contributed by atoms with E-state index in [-0.39, 0.29) is 35.8 Å². The highest BCUT2D eigenvalue weighted by Gasteiger charge is 2.14. The fourth-order valence-electron chi connectivity index (χ4n) is 3.08. The Morgan fingerprint density at radius 2 is 1.15 bits per heavy atom. The maximum absolute atomic E-state index is 12.6. The Balaban J connectivity index is 1.56. The van der Waals surface area contributed by atoms with E-state index in [2.05, 4.69) is 23.8 Å². The van der Waals surface area contributed by atoms with Crippen LogP contribution >= 0.6 is 0 Å². The van der Waals surface area contributed by atoms with Crippen LogP contribution in [0.3, 0.4) is 0 Å². The predicted molar refractivity (Wildman–Crippen MR) is 144 cm³/mol. The predicted octanol–water partition coefficient (Wildman–Crippen LogP) is 5.90. The van der Waals surface area contributed by atoms with Gasteiger partial charge in [-0.15, -0.1) is 0 Å². The first-order chi connectivity index (χ1) is 18.8. The molecule has 0 radical (unpaired) electrons. The fraction of sp³-hybridized carbons (Fsp3) is 0.103. The number of amides is 2. The summed E-state index contributed by atoms with van der Waals surface area (Å²) in [6, 6.07) is 16.7. The van der Waals surface area contributed by atoms with Gasteiger partial charge >= 0.3 is 24.1 Å². The van der Waals surface area contributed by atoms with Gasteiger partial charge in [-0.25, -0.2) is 19.2 Å². The molecule has 10 heteroatoms. The molecule has 0 bridgehead atoms. The first-order valence-electron chi connectivity index (χ1n) is 11.6. The van der Waals surface area contributed by atoms with Gasteiger partial charge < -0.3 is 18.9 Å². The molecule has 0 aromatic heterocycles. The van der Waals surface area contributed by atoms with Gasteiger partial charge in [0, 0.05) is 11.4 Å². The van der Waals surface area contributed by atoms with E-state index in [1.165, 1.54) is 60.7 Å². The summed E-state index contributed by atoms with van der Waals surface area (Å²) in [5.41, 5.74) is 1.98. The molecule has 39 heavy (non-hydrogen) atoms. The minimum atomic E-state index is -0.642. The van der Waals surface area contributed by atoms with Crippen LogP contribution in [0.25, 0.3) is 0 Å². The first-order valence-corrected chi connectivity index (χ1v) is 11.6. The van der Waals surface area contributed by atoms with Crippen LogP contribution in [0.4, 0.5) is 21.0 Å². The van der Waals surface area contributed by atoms with Crippen LogP contribution < -0.4 is 20.1 Å². The number of carbonyl (C=O) groups excluding carboxylic acids is 4. The second kappa shape index (κ2) is 13.8. The van der Waals surface area contributed by atoms with Gasteiger partial charge in [-0.05, 0) is 79.2 Å². The highest BCUT2D eigenvalue weighted by molar-refractivity contribution is 5.93. The standard InChI is InChI=1S/C29H26N2O8/c1-4-16-36-28(34)30-22-10-6-20(7-11-22)26(32)38-24-14-15-25(19(3)18-24)39-27(33)21-8-12-23(13-9-21)31-29(35)37-17-5-2/h4-15,18H,1-2,16-17H2,3H3,(H,30,34)(H,31,35). The molecular weight excluding hydrogens is 504 g/mol. The van der Waals surface area contributed by atoms with Crippen molar-refractivity contribution >= 4 is 35.5 Å². The molecule has 3 aromatic carbocycles. The number of hydrogen-bond acceptors (Lipinski definition) is 8. The molecule has 0 atom stereocenters. The summed E-state index contributed by atoms with van der Waals surface area (Å²) < 4.78 is 20.6. The van der Waals surface area contributed by atoms with Crippen molar-refractivity contribution in [2.45, 2.75) is 6.92 Å². The number of aryl methyl sites for hydroxylation is 1. The van der Waals surface area contributed by atoms with Crippen molar-refractivity contribution in [2.75, 3.05) is 23.8 Å². The van der Waals surface area contributed by atoms with Gasteiger partial charge in [0.15, 0.2) is 0 Å². The largest absolute Gasteiger partial charge is 0.445 e. The highest BCUT2D eigenvalue weighted by Crippen LogP contribution is 2.25. The molecule has 2 N–H and O–H groups in total. The lowest BCUT2D eigenvalue weighted by atomic mass is 10.2. The third-order valence-corrected chi connectivity index (χ3v) is 4.96. The lowest BCUT2D eigenvalue weighted by Crippen LogP contribution is -2.14. The minimum Gasteiger partial charge on any atom is -0.445 e. The molecule has 2 amide bonds. The van der Waals surface area contributed by atoms with E-state index in [0.29, 0.717) is 16.9 Å². The van der Waals surface area contributed by atoms with Crippen LogP contribution in [0.2, 0.25) is 0 Å². The molecule has 0 saturated carbocycles. The zero-order valence-electron chi connectivity index (χ0n) is 21.1. The maximum atomic E-state index is 12.6. The summed E-state index contributed by atoms with van der Waals surface area (Å²) in [5, 5.41) is 5.05. The summed E-state index contributed by atoms with van der Waals surface area (Å²) in [4.78, 5) is 48.3. The van der Waals surface area contributed by atoms with E-state index in [0.717, 1.165) is 0 Å². The SMILES string of the molecule is C=CCOC(=O)Nc1ccc(C(=O)Oc2ccc(OC(=O)c3ccc(NC(=O)OCC=C)cc3)c(C)c2)cc1. The quantitative estimate of drug-likeness (QED) is 0.188. The minimum absolute atomic E-state index is 0.0781. The smallest absolute Gasteiger partial charge is 0.411 e. The number of nitrogens with one attached hydrogen (secondary N) is 2. The van der Waals surface area contributed by atoms with Crippen molar-refractivity contribution < 1.29 is 38.1 Å². The summed E-state index contributed by atoms with van der Waals surface area (Å²) in [7, 11) is 0. The Hall–Kier alpha value is -5.38. The molecule has 3 aromatic rings. The third kappa shape index (κ3) is 8.60. The lowest BCUT2D eigenvalue weighted by molar-refractivity contribution is 0.0718. The summed E-state index contributed by atoms with van der Waals surface area (Å²) >= 11 is 0. The van der Waals surface area contributed by atoms with E-state index in [1.54, 1.807) is 25.1 Å². The van der Waals surface area contributed by atoms with Crippen LogP contribution in [0.15, 0.2) is 92.0 Å². The van der Waals surface area contributed by atoms with E-state index in [1.807, 2.05) is 0 Å².